The molecule has 0 saturated heterocycles. The molecule has 0 aliphatic rings. The van der Waals surface area contributed by atoms with Gasteiger partial charge in [0.05, 0.1) is 5.52 Å². The highest BCUT2D eigenvalue weighted by Gasteiger charge is 2.01. The Balaban J connectivity index is 1.84. The zero-order valence-corrected chi connectivity index (χ0v) is 11.1. The number of nitrogens with one attached hydrogen (secondary N) is 1. The van der Waals surface area contributed by atoms with Crippen LogP contribution in [0.15, 0.2) is 60.8 Å². The van der Waals surface area contributed by atoms with Gasteiger partial charge in [-0.3, -0.25) is 4.98 Å². The molecule has 19 heavy (non-hydrogen) atoms. The summed E-state index contributed by atoms with van der Waals surface area (Å²) in [6.45, 7) is 0.769. The molecule has 3 rings (SSSR count). The Morgan fingerprint density at radius 2 is 1.74 bits per heavy atom. The van der Waals surface area contributed by atoms with Crippen LogP contribution in [0.25, 0.3) is 10.9 Å². The predicted molar refractivity (Wildman–Crippen MR) is 80.5 cm³/mol. The van der Waals surface area contributed by atoms with Gasteiger partial charge in [-0.15, -0.1) is 0 Å². The van der Waals surface area contributed by atoms with E-state index in [9.17, 15) is 0 Å². The first-order valence-corrected chi connectivity index (χ1v) is 6.53. The van der Waals surface area contributed by atoms with Gasteiger partial charge in [0.15, 0.2) is 0 Å². The van der Waals surface area contributed by atoms with Gasteiger partial charge in [0.2, 0.25) is 0 Å². The number of fused-ring (bicyclic) bond motifs is 1. The topological polar surface area (TPSA) is 24.9 Å². The van der Waals surface area contributed by atoms with Gasteiger partial charge < -0.3 is 5.32 Å². The molecule has 0 saturated carbocycles. The SMILES string of the molecule is Clc1ccc(NCc2ccnc3ccccc23)cc1. The maximum Gasteiger partial charge on any atom is 0.0705 e. The van der Waals surface area contributed by atoms with Crippen molar-refractivity contribution in [1.82, 2.24) is 4.98 Å². The van der Waals surface area contributed by atoms with Gasteiger partial charge in [-0.1, -0.05) is 29.8 Å². The van der Waals surface area contributed by atoms with Crippen molar-refractivity contribution in [1.29, 1.82) is 0 Å². The Morgan fingerprint density at radius 3 is 2.58 bits per heavy atom. The standard InChI is InChI=1S/C16H13ClN2/c17-13-5-7-14(8-6-13)19-11-12-9-10-18-16-4-2-1-3-15(12)16/h1-10,19H,11H2. The average Bonchev–Trinajstić information content (AvgIpc) is 2.47. The lowest BCUT2D eigenvalue weighted by molar-refractivity contribution is 1.16. The highest BCUT2D eigenvalue weighted by molar-refractivity contribution is 6.30. The van der Waals surface area contributed by atoms with E-state index in [1.54, 1.807) is 0 Å². The monoisotopic (exact) mass is 268 g/mol. The first kappa shape index (κ1) is 12.0. The molecule has 3 aromatic rings. The van der Waals surface area contributed by atoms with E-state index in [0.29, 0.717) is 0 Å². The zero-order valence-electron chi connectivity index (χ0n) is 10.3. The summed E-state index contributed by atoms with van der Waals surface area (Å²) in [5.74, 6) is 0. The fourth-order valence-corrected chi connectivity index (χ4v) is 2.20. The average molecular weight is 269 g/mol. The molecule has 0 amide bonds. The second kappa shape index (κ2) is 5.29. The van der Waals surface area contributed by atoms with Crippen LogP contribution in [0.5, 0.6) is 0 Å². The molecule has 0 spiro atoms. The number of hydrogen-bond acceptors (Lipinski definition) is 2. The third-order valence-corrected chi connectivity index (χ3v) is 3.32. The molecular weight excluding hydrogens is 256 g/mol. The lowest BCUT2D eigenvalue weighted by atomic mass is 10.1. The van der Waals surface area contributed by atoms with Crippen molar-refractivity contribution in [2.45, 2.75) is 6.54 Å². The van der Waals surface area contributed by atoms with Crippen molar-refractivity contribution in [2.24, 2.45) is 0 Å². The van der Waals surface area contributed by atoms with Crippen molar-refractivity contribution >= 4 is 28.2 Å². The third kappa shape index (κ3) is 2.69. The molecule has 1 aromatic heterocycles. The number of halogens is 1. The molecule has 0 aliphatic carbocycles. The van der Waals surface area contributed by atoms with E-state index in [2.05, 4.69) is 16.4 Å². The van der Waals surface area contributed by atoms with Crippen LogP contribution in [0.3, 0.4) is 0 Å². The van der Waals surface area contributed by atoms with Crippen molar-refractivity contribution < 1.29 is 0 Å². The molecule has 0 atom stereocenters. The molecule has 1 N–H and O–H groups in total. The molecule has 2 nitrogen and oxygen atoms in total. The number of pyridine rings is 1. The van der Waals surface area contributed by atoms with Gasteiger partial charge in [0.25, 0.3) is 0 Å². The van der Waals surface area contributed by atoms with E-state index < -0.39 is 0 Å². The molecule has 1 heterocycles. The van der Waals surface area contributed by atoms with Gasteiger partial charge in [-0.2, -0.15) is 0 Å². The summed E-state index contributed by atoms with van der Waals surface area (Å²) < 4.78 is 0. The number of para-hydroxylation sites is 1. The minimum absolute atomic E-state index is 0.750. The van der Waals surface area contributed by atoms with Crippen molar-refractivity contribution in [3.05, 3.63) is 71.4 Å². The van der Waals surface area contributed by atoms with Gasteiger partial charge in [-0.05, 0) is 42.0 Å². The lowest BCUT2D eigenvalue weighted by Gasteiger charge is -2.09. The molecule has 0 bridgehead atoms. The van der Waals surface area contributed by atoms with Crippen LogP contribution in [-0.2, 0) is 6.54 Å². The highest BCUT2D eigenvalue weighted by Crippen LogP contribution is 2.18. The number of hydrogen-bond donors (Lipinski definition) is 1. The second-order valence-corrected chi connectivity index (χ2v) is 4.78. The Kier molecular flexibility index (Phi) is 3.34. The van der Waals surface area contributed by atoms with Crippen LogP contribution in [-0.4, -0.2) is 4.98 Å². The van der Waals surface area contributed by atoms with Crippen LogP contribution < -0.4 is 5.32 Å². The van der Waals surface area contributed by atoms with Crippen molar-refractivity contribution in [2.75, 3.05) is 5.32 Å². The number of rotatable bonds is 3. The zero-order chi connectivity index (χ0) is 13.1. The summed E-state index contributed by atoms with van der Waals surface area (Å²) >= 11 is 5.87. The largest absolute Gasteiger partial charge is 0.381 e. The minimum atomic E-state index is 0.750. The Hall–Kier alpha value is -2.06. The van der Waals surface area contributed by atoms with E-state index in [1.165, 1.54) is 10.9 Å². The fourth-order valence-electron chi connectivity index (χ4n) is 2.07. The number of aromatic nitrogens is 1. The Morgan fingerprint density at radius 1 is 0.947 bits per heavy atom. The quantitative estimate of drug-likeness (QED) is 0.756. The van der Waals surface area contributed by atoms with E-state index >= 15 is 0 Å². The van der Waals surface area contributed by atoms with Crippen molar-refractivity contribution in [3.63, 3.8) is 0 Å². The first-order chi connectivity index (χ1) is 9.33. The third-order valence-electron chi connectivity index (χ3n) is 3.07. The summed E-state index contributed by atoms with van der Waals surface area (Å²) in [5.41, 5.74) is 3.32. The van der Waals surface area contributed by atoms with E-state index in [-0.39, 0.29) is 0 Å². The predicted octanol–water partition coefficient (Wildman–Crippen LogP) is 4.50. The summed E-state index contributed by atoms with van der Waals surface area (Å²) in [4.78, 5) is 4.36. The maximum atomic E-state index is 5.87. The molecule has 0 fully saturated rings. The molecule has 2 aromatic carbocycles. The Labute approximate surface area is 117 Å². The second-order valence-electron chi connectivity index (χ2n) is 4.35. The molecule has 0 aliphatic heterocycles. The molecular formula is C16H13ClN2. The van der Waals surface area contributed by atoms with E-state index in [0.717, 1.165) is 22.8 Å². The summed E-state index contributed by atoms with van der Waals surface area (Å²) in [7, 11) is 0. The van der Waals surface area contributed by atoms with Crippen LogP contribution in [0.1, 0.15) is 5.56 Å². The molecule has 0 unspecified atom stereocenters. The maximum absolute atomic E-state index is 5.87. The highest BCUT2D eigenvalue weighted by atomic mass is 35.5. The number of anilines is 1. The van der Waals surface area contributed by atoms with Crippen LogP contribution in [0.4, 0.5) is 5.69 Å². The number of benzene rings is 2. The van der Waals surface area contributed by atoms with E-state index in [4.69, 9.17) is 11.6 Å². The van der Waals surface area contributed by atoms with Gasteiger partial charge in [0, 0.05) is 28.8 Å². The van der Waals surface area contributed by atoms with Gasteiger partial charge in [0.1, 0.15) is 0 Å². The van der Waals surface area contributed by atoms with E-state index in [1.807, 2.05) is 54.7 Å². The summed E-state index contributed by atoms with van der Waals surface area (Å²) in [6.07, 6.45) is 1.85. The van der Waals surface area contributed by atoms with Gasteiger partial charge in [-0.25, -0.2) is 0 Å². The minimum Gasteiger partial charge on any atom is -0.381 e. The van der Waals surface area contributed by atoms with Crippen LogP contribution in [0.2, 0.25) is 5.02 Å². The normalized spacial score (nSPS) is 10.6. The summed E-state index contributed by atoms with van der Waals surface area (Å²) in [5, 5.41) is 5.33. The molecule has 94 valence electrons. The molecule has 0 radical (unpaired) electrons. The number of nitrogens with zero attached hydrogens (tertiary/aromatic N) is 1. The fraction of sp³-hybridized carbons (Fsp3) is 0.0625. The van der Waals surface area contributed by atoms with Crippen molar-refractivity contribution in [3.8, 4) is 0 Å². The van der Waals surface area contributed by atoms with Gasteiger partial charge >= 0.3 is 0 Å². The lowest BCUT2D eigenvalue weighted by Crippen LogP contribution is -2.00. The smallest absolute Gasteiger partial charge is 0.0705 e. The first-order valence-electron chi connectivity index (χ1n) is 6.15. The van der Waals surface area contributed by atoms with Crippen LogP contribution in [0, 0.1) is 0 Å². The Bertz CT molecular complexity index is 687. The summed E-state index contributed by atoms with van der Waals surface area (Å²) in [6, 6.07) is 17.9. The molecule has 3 heteroatoms. The van der Waals surface area contributed by atoms with Crippen LogP contribution >= 0.6 is 11.6 Å².